The summed E-state index contributed by atoms with van der Waals surface area (Å²) in [5, 5.41) is 0. The number of hydrogen-bond acceptors (Lipinski definition) is 4. The molecule has 112 valence electrons. The maximum absolute atomic E-state index is 6.37. The van der Waals surface area contributed by atoms with E-state index in [1.807, 2.05) is 0 Å². The van der Waals surface area contributed by atoms with Crippen molar-refractivity contribution >= 4 is 16.9 Å². The summed E-state index contributed by atoms with van der Waals surface area (Å²) >= 11 is 0. The van der Waals surface area contributed by atoms with Gasteiger partial charge >= 0.3 is 8.80 Å². The maximum Gasteiger partial charge on any atom is 0.501 e. The molecule has 0 aromatic rings. The van der Waals surface area contributed by atoms with E-state index in [9.17, 15) is 0 Å². The summed E-state index contributed by atoms with van der Waals surface area (Å²) in [6.45, 7) is 14.1. The predicted octanol–water partition coefficient (Wildman–Crippen LogP) is 2.42. The molecule has 0 saturated carbocycles. The Labute approximate surface area is 119 Å². The topological polar surface area (TPSA) is 30.9 Å². The van der Waals surface area contributed by atoms with Gasteiger partial charge in [-0.3, -0.25) is 4.90 Å². The number of rotatable bonds is 4. The Morgan fingerprint density at radius 3 is 2.32 bits per heavy atom. The van der Waals surface area contributed by atoms with E-state index in [1.165, 1.54) is 6.04 Å². The molecule has 0 N–H and O–H groups in total. The van der Waals surface area contributed by atoms with Crippen LogP contribution in [0, 0.1) is 0 Å². The Kier molecular flexibility index (Phi) is 5.24. The average Bonchev–Trinajstić information content (AvgIpc) is 2.25. The van der Waals surface area contributed by atoms with Crippen LogP contribution in [0.3, 0.4) is 0 Å². The molecule has 1 atom stereocenters. The Morgan fingerprint density at radius 1 is 1.16 bits per heavy atom. The Balaban J connectivity index is 2.08. The monoisotopic (exact) mass is 303 g/mol. The van der Waals surface area contributed by atoms with Crippen LogP contribution in [0.2, 0.25) is 31.7 Å². The molecule has 0 aliphatic carbocycles. The lowest BCUT2D eigenvalue weighted by molar-refractivity contribution is -0.0411. The minimum absolute atomic E-state index is 0.286. The molecule has 3 aliphatic heterocycles. The van der Waals surface area contributed by atoms with Crippen LogP contribution in [0.15, 0.2) is 0 Å². The molecule has 0 aromatic heterocycles. The standard InChI is InChI=1S/C13H29NO3Si2/c1-5-13-12-14-6-8-15-19(17-13,16-9-7-14)11-10-18(2,3)4/h13H,5-12H2,1-4H3. The van der Waals surface area contributed by atoms with Crippen LogP contribution >= 0.6 is 0 Å². The number of fused-ring (bicyclic) bond motifs is 6. The molecular formula is C13H29NO3Si2. The van der Waals surface area contributed by atoms with Gasteiger partial charge in [0.05, 0.1) is 19.3 Å². The predicted molar refractivity (Wildman–Crippen MR) is 82.2 cm³/mol. The summed E-state index contributed by atoms with van der Waals surface area (Å²) in [4.78, 5) is 2.41. The van der Waals surface area contributed by atoms with Gasteiger partial charge in [-0.25, -0.2) is 0 Å². The average molecular weight is 304 g/mol. The smallest absolute Gasteiger partial charge is 0.372 e. The third-order valence-electron chi connectivity index (χ3n) is 3.90. The molecule has 19 heavy (non-hydrogen) atoms. The molecular weight excluding hydrogens is 274 g/mol. The summed E-state index contributed by atoms with van der Waals surface area (Å²) in [7, 11) is -3.49. The van der Waals surface area contributed by atoms with Crippen molar-refractivity contribution in [1.29, 1.82) is 0 Å². The van der Waals surface area contributed by atoms with Crippen molar-refractivity contribution in [2.45, 2.75) is 51.2 Å². The zero-order valence-electron chi connectivity index (χ0n) is 12.9. The van der Waals surface area contributed by atoms with E-state index in [2.05, 4.69) is 31.5 Å². The third kappa shape index (κ3) is 4.65. The molecule has 0 aromatic carbocycles. The second-order valence-corrected chi connectivity index (χ2v) is 15.2. The van der Waals surface area contributed by atoms with Gasteiger partial charge in [0.2, 0.25) is 0 Å². The lowest BCUT2D eigenvalue weighted by Crippen LogP contribution is -2.58. The van der Waals surface area contributed by atoms with Crippen LogP contribution in [0.5, 0.6) is 0 Å². The van der Waals surface area contributed by atoms with Gasteiger partial charge in [0.1, 0.15) is 0 Å². The molecule has 0 amide bonds. The summed E-state index contributed by atoms with van der Waals surface area (Å²) in [6.07, 6.45) is 1.33. The van der Waals surface area contributed by atoms with E-state index in [0.29, 0.717) is 0 Å². The first-order valence-electron chi connectivity index (χ1n) is 7.60. The van der Waals surface area contributed by atoms with Crippen molar-refractivity contribution in [3.8, 4) is 0 Å². The summed E-state index contributed by atoms with van der Waals surface area (Å²) in [6, 6.07) is 2.25. The second kappa shape index (κ2) is 6.36. The van der Waals surface area contributed by atoms with Gasteiger partial charge in [-0.1, -0.05) is 32.6 Å². The van der Waals surface area contributed by atoms with Gasteiger partial charge in [-0.05, 0) is 6.42 Å². The van der Waals surface area contributed by atoms with Crippen LogP contribution in [-0.2, 0) is 13.3 Å². The van der Waals surface area contributed by atoms with E-state index < -0.39 is 16.9 Å². The first-order chi connectivity index (χ1) is 8.92. The zero-order valence-corrected chi connectivity index (χ0v) is 14.9. The quantitative estimate of drug-likeness (QED) is 0.746. The summed E-state index contributed by atoms with van der Waals surface area (Å²) < 4.78 is 18.7. The molecule has 2 bridgehead atoms. The van der Waals surface area contributed by atoms with Crippen LogP contribution in [0.4, 0.5) is 0 Å². The van der Waals surface area contributed by atoms with E-state index in [0.717, 1.165) is 45.3 Å². The Bertz CT molecular complexity index is 286. The van der Waals surface area contributed by atoms with Crippen molar-refractivity contribution in [3.05, 3.63) is 0 Å². The molecule has 3 saturated heterocycles. The molecule has 0 radical (unpaired) electrons. The highest BCUT2D eigenvalue weighted by molar-refractivity contribution is 6.77. The number of hydrogen-bond donors (Lipinski definition) is 0. The SMILES string of the molecule is CCC1CN2CCO[Si](CC[Si](C)(C)C)(OCC2)O1. The van der Waals surface area contributed by atoms with Gasteiger partial charge in [-0.15, -0.1) is 0 Å². The van der Waals surface area contributed by atoms with Gasteiger partial charge in [0.15, 0.2) is 0 Å². The van der Waals surface area contributed by atoms with Crippen LogP contribution in [0.25, 0.3) is 0 Å². The van der Waals surface area contributed by atoms with Crippen molar-refractivity contribution in [2.75, 3.05) is 32.8 Å². The minimum Gasteiger partial charge on any atom is -0.372 e. The highest BCUT2D eigenvalue weighted by atomic mass is 28.4. The molecule has 3 rings (SSSR count). The lowest BCUT2D eigenvalue weighted by atomic mass is 10.2. The summed E-state index contributed by atoms with van der Waals surface area (Å²) in [5.41, 5.74) is 0. The Hall–Kier alpha value is 0.274. The van der Waals surface area contributed by atoms with E-state index in [1.54, 1.807) is 0 Å². The molecule has 1 unspecified atom stereocenters. The highest BCUT2D eigenvalue weighted by Gasteiger charge is 2.46. The van der Waals surface area contributed by atoms with Crippen LogP contribution in [0.1, 0.15) is 13.3 Å². The van der Waals surface area contributed by atoms with Crippen molar-refractivity contribution in [3.63, 3.8) is 0 Å². The molecule has 4 nitrogen and oxygen atoms in total. The number of nitrogens with zero attached hydrogens (tertiary/aromatic N) is 1. The first-order valence-corrected chi connectivity index (χ1v) is 13.2. The van der Waals surface area contributed by atoms with E-state index in [4.69, 9.17) is 13.3 Å². The molecule has 3 heterocycles. The van der Waals surface area contributed by atoms with E-state index in [-0.39, 0.29) is 6.10 Å². The highest BCUT2D eigenvalue weighted by Crippen LogP contribution is 2.28. The maximum atomic E-state index is 6.37. The van der Waals surface area contributed by atoms with Crippen LogP contribution in [-0.4, -0.2) is 60.7 Å². The fourth-order valence-electron chi connectivity index (χ4n) is 2.59. The fourth-order valence-corrected chi connectivity index (χ4v) is 8.99. The largest absolute Gasteiger partial charge is 0.501 e. The Morgan fingerprint density at radius 2 is 1.79 bits per heavy atom. The van der Waals surface area contributed by atoms with Crippen LogP contribution < -0.4 is 0 Å². The first kappa shape index (κ1) is 15.7. The van der Waals surface area contributed by atoms with Gasteiger partial charge in [0, 0.05) is 33.8 Å². The minimum atomic E-state index is -2.41. The zero-order chi connectivity index (χ0) is 13.9. The molecule has 0 spiro atoms. The molecule has 3 fully saturated rings. The van der Waals surface area contributed by atoms with Crippen molar-refractivity contribution < 1.29 is 13.3 Å². The second-order valence-electron chi connectivity index (χ2n) is 6.89. The molecule has 3 aliphatic rings. The van der Waals surface area contributed by atoms with Crippen molar-refractivity contribution in [1.82, 2.24) is 4.90 Å². The lowest BCUT2D eigenvalue weighted by Gasteiger charge is -2.42. The third-order valence-corrected chi connectivity index (χ3v) is 9.00. The summed E-state index contributed by atoms with van der Waals surface area (Å²) in [5.74, 6) is 0. The molecule has 6 heteroatoms. The van der Waals surface area contributed by atoms with Crippen molar-refractivity contribution in [2.24, 2.45) is 0 Å². The normalized spacial score (nSPS) is 36.6. The fraction of sp³-hybridized carbons (Fsp3) is 1.00. The van der Waals surface area contributed by atoms with Gasteiger partial charge in [0.25, 0.3) is 0 Å². The van der Waals surface area contributed by atoms with Gasteiger partial charge in [-0.2, -0.15) is 0 Å². The van der Waals surface area contributed by atoms with Gasteiger partial charge < -0.3 is 13.3 Å². The van der Waals surface area contributed by atoms with E-state index >= 15 is 0 Å².